The first-order valence-corrected chi connectivity index (χ1v) is 7.60. The van der Waals surface area contributed by atoms with Crippen LogP contribution in [-0.4, -0.2) is 41.4 Å². The Labute approximate surface area is 126 Å². The molecule has 0 amide bonds. The second kappa shape index (κ2) is 6.00. The number of aromatic nitrogens is 2. The van der Waals surface area contributed by atoms with Crippen molar-refractivity contribution < 1.29 is 4.74 Å². The second-order valence-electron chi connectivity index (χ2n) is 5.76. The molecule has 0 spiro atoms. The largest absolute Gasteiger partial charge is 0.379 e. The van der Waals surface area contributed by atoms with Crippen molar-refractivity contribution in [1.82, 2.24) is 15.1 Å². The number of hydrogen-bond donors (Lipinski definition) is 1. The monoisotopic (exact) mass is 285 g/mol. The number of H-pyrrole nitrogens is 1. The molecular formula is C17H23N3O. The summed E-state index contributed by atoms with van der Waals surface area (Å²) in [6, 6.07) is 9.33. The van der Waals surface area contributed by atoms with Crippen LogP contribution in [0.5, 0.6) is 0 Å². The number of aromatic amines is 1. The van der Waals surface area contributed by atoms with Crippen molar-refractivity contribution in [3.63, 3.8) is 0 Å². The molecule has 1 N–H and O–H groups in total. The van der Waals surface area contributed by atoms with Crippen LogP contribution >= 0.6 is 0 Å². The van der Waals surface area contributed by atoms with Crippen LogP contribution in [0, 0.1) is 13.8 Å². The molecule has 4 nitrogen and oxygen atoms in total. The summed E-state index contributed by atoms with van der Waals surface area (Å²) in [6.07, 6.45) is 0. The van der Waals surface area contributed by atoms with E-state index in [1.165, 1.54) is 16.7 Å². The smallest absolute Gasteiger partial charge is 0.0672 e. The van der Waals surface area contributed by atoms with E-state index in [1.54, 1.807) is 0 Å². The van der Waals surface area contributed by atoms with Crippen molar-refractivity contribution in [3.05, 3.63) is 41.2 Å². The summed E-state index contributed by atoms with van der Waals surface area (Å²) in [5, 5.41) is 7.33. The first-order chi connectivity index (χ1) is 10.2. The summed E-state index contributed by atoms with van der Waals surface area (Å²) in [4.78, 5) is 2.48. The quantitative estimate of drug-likeness (QED) is 0.942. The van der Waals surface area contributed by atoms with E-state index < -0.39 is 0 Å². The first kappa shape index (κ1) is 14.3. The predicted octanol–water partition coefficient (Wildman–Crippen LogP) is 3.09. The number of morpholine rings is 1. The van der Waals surface area contributed by atoms with Crippen LogP contribution in [0.4, 0.5) is 0 Å². The number of aryl methyl sites for hydroxylation is 2. The molecule has 0 unspecified atom stereocenters. The summed E-state index contributed by atoms with van der Waals surface area (Å²) in [5.74, 6) is 0. The molecule has 0 radical (unpaired) electrons. The Morgan fingerprint density at radius 3 is 2.38 bits per heavy atom. The maximum Gasteiger partial charge on any atom is 0.0672 e. The number of hydrogen-bond acceptors (Lipinski definition) is 3. The maximum absolute atomic E-state index is 5.43. The Bertz CT molecular complexity index is 577. The summed E-state index contributed by atoms with van der Waals surface area (Å²) >= 11 is 0. The molecule has 1 fully saturated rings. The fourth-order valence-corrected chi connectivity index (χ4v) is 3.08. The molecule has 0 saturated carbocycles. The zero-order chi connectivity index (χ0) is 14.8. The minimum atomic E-state index is 0.439. The zero-order valence-corrected chi connectivity index (χ0v) is 13.0. The van der Waals surface area contributed by atoms with Gasteiger partial charge in [-0.2, -0.15) is 5.10 Å². The van der Waals surface area contributed by atoms with Crippen LogP contribution in [0.1, 0.15) is 29.9 Å². The van der Waals surface area contributed by atoms with E-state index in [1.807, 2.05) is 6.92 Å². The predicted molar refractivity (Wildman–Crippen MR) is 84.3 cm³/mol. The minimum absolute atomic E-state index is 0.439. The molecule has 1 aromatic heterocycles. The van der Waals surface area contributed by atoms with Crippen LogP contribution < -0.4 is 0 Å². The molecule has 3 rings (SSSR count). The van der Waals surface area contributed by atoms with E-state index in [2.05, 4.69) is 53.2 Å². The van der Waals surface area contributed by atoms with Crippen molar-refractivity contribution in [2.24, 2.45) is 0 Å². The Kier molecular flexibility index (Phi) is 4.08. The van der Waals surface area contributed by atoms with E-state index in [-0.39, 0.29) is 0 Å². The summed E-state index contributed by atoms with van der Waals surface area (Å²) in [6.45, 7) is 10.1. The minimum Gasteiger partial charge on any atom is -0.379 e. The molecule has 1 saturated heterocycles. The van der Waals surface area contributed by atoms with Gasteiger partial charge in [-0.3, -0.25) is 10.00 Å². The van der Waals surface area contributed by atoms with E-state index in [0.29, 0.717) is 6.04 Å². The molecule has 1 atom stereocenters. The van der Waals surface area contributed by atoms with Gasteiger partial charge in [0.1, 0.15) is 0 Å². The summed E-state index contributed by atoms with van der Waals surface area (Å²) < 4.78 is 5.43. The lowest BCUT2D eigenvalue weighted by atomic mass is 9.99. The van der Waals surface area contributed by atoms with Crippen molar-refractivity contribution in [1.29, 1.82) is 0 Å². The van der Waals surface area contributed by atoms with Gasteiger partial charge in [-0.25, -0.2) is 0 Å². The number of rotatable bonds is 3. The van der Waals surface area contributed by atoms with Gasteiger partial charge in [-0.15, -0.1) is 0 Å². The molecule has 21 heavy (non-hydrogen) atoms. The van der Waals surface area contributed by atoms with Gasteiger partial charge in [0.25, 0.3) is 0 Å². The molecule has 112 valence electrons. The standard InChI is InChI=1S/C17H23N3O/c1-12-17(13(2)19-18-12)16-6-4-15(5-7-16)14(3)20-8-10-21-11-9-20/h4-7,14H,8-11H2,1-3H3,(H,18,19)/t14-/m1/s1. The van der Waals surface area contributed by atoms with Gasteiger partial charge < -0.3 is 4.74 Å². The topological polar surface area (TPSA) is 41.2 Å². The fourth-order valence-electron chi connectivity index (χ4n) is 3.08. The number of nitrogens with zero attached hydrogens (tertiary/aromatic N) is 2. The first-order valence-electron chi connectivity index (χ1n) is 7.60. The van der Waals surface area contributed by atoms with Crippen LogP contribution in [0.3, 0.4) is 0 Å². The zero-order valence-electron chi connectivity index (χ0n) is 13.0. The third-order valence-corrected chi connectivity index (χ3v) is 4.40. The average Bonchev–Trinajstić information content (AvgIpc) is 2.87. The van der Waals surface area contributed by atoms with Crippen molar-refractivity contribution in [3.8, 4) is 11.1 Å². The Balaban J connectivity index is 1.80. The SMILES string of the molecule is Cc1n[nH]c(C)c1-c1ccc([C@@H](C)N2CCOCC2)cc1. The van der Waals surface area contributed by atoms with E-state index >= 15 is 0 Å². The van der Waals surface area contributed by atoms with Gasteiger partial charge >= 0.3 is 0 Å². The third kappa shape index (κ3) is 2.87. The van der Waals surface area contributed by atoms with Crippen molar-refractivity contribution in [2.75, 3.05) is 26.3 Å². The van der Waals surface area contributed by atoms with Gasteiger partial charge in [0.15, 0.2) is 0 Å². The molecule has 2 heterocycles. The Morgan fingerprint density at radius 1 is 1.14 bits per heavy atom. The highest BCUT2D eigenvalue weighted by Crippen LogP contribution is 2.28. The summed E-state index contributed by atoms with van der Waals surface area (Å²) in [7, 11) is 0. The Hall–Kier alpha value is -1.65. The lowest BCUT2D eigenvalue weighted by Crippen LogP contribution is -2.37. The van der Waals surface area contributed by atoms with Gasteiger partial charge in [0.05, 0.1) is 18.9 Å². The van der Waals surface area contributed by atoms with Gasteiger partial charge in [0, 0.05) is 30.4 Å². The molecular weight excluding hydrogens is 262 g/mol. The number of ether oxygens (including phenoxy) is 1. The fraction of sp³-hybridized carbons (Fsp3) is 0.471. The molecule has 0 bridgehead atoms. The average molecular weight is 285 g/mol. The van der Waals surface area contributed by atoms with Crippen molar-refractivity contribution in [2.45, 2.75) is 26.8 Å². The highest BCUT2D eigenvalue weighted by molar-refractivity contribution is 5.68. The van der Waals surface area contributed by atoms with E-state index in [9.17, 15) is 0 Å². The lowest BCUT2D eigenvalue weighted by molar-refractivity contribution is 0.0198. The highest BCUT2D eigenvalue weighted by atomic mass is 16.5. The molecule has 1 aliphatic rings. The van der Waals surface area contributed by atoms with Crippen LogP contribution in [0.2, 0.25) is 0 Å². The van der Waals surface area contributed by atoms with E-state index in [0.717, 1.165) is 37.7 Å². The molecule has 4 heteroatoms. The van der Waals surface area contributed by atoms with Crippen molar-refractivity contribution >= 4 is 0 Å². The van der Waals surface area contributed by atoms with Gasteiger partial charge in [0.2, 0.25) is 0 Å². The van der Waals surface area contributed by atoms with Crippen LogP contribution in [0.15, 0.2) is 24.3 Å². The van der Waals surface area contributed by atoms with Crippen LogP contribution in [-0.2, 0) is 4.74 Å². The normalized spacial score (nSPS) is 17.9. The van der Waals surface area contributed by atoms with E-state index in [4.69, 9.17) is 4.74 Å². The maximum atomic E-state index is 5.43. The third-order valence-electron chi connectivity index (χ3n) is 4.40. The molecule has 1 aliphatic heterocycles. The number of benzene rings is 1. The van der Waals surface area contributed by atoms with Crippen LogP contribution in [0.25, 0.3) is 11.1 Å². The summed E-state index contributed by atoms with van der Waals surface area (Å²) in [5.41, 5.74) is 6.00. The molecule has 1 aromatic carbocycles. The molecule has 2 aromatic rings. The lowest BCUT2D eigenvalue weighted by Gasteiger charge is -2.32. The highest BCUT2D eigenvalue weighted by Gasteiger charge is 2.18. The van der Waals surface area contributed by atoms with Gasteiger partial charge in [-0.05, 0) is 31.9 Å². The second-order valence-corrected chi connectivity index (χ2v) is 5.76. The Morgan fingerprint density at radius 2 is 1.81 bits per heavy atom. The van der Waals surface area contributed by atoms with Gasteiger partial charge in [-0.1, -0.05) is 24.3 Å². The molecule has 0 aliphatic carbocycles. The number of nitrogens with one attached hydrogen (secondary N) is 1.